The van der Waals surface area contributed by atoms with Gasteiger partial charge in [0.15, 0.2) is 14.9 Å². The van der Waals surface area contributed by atoms with Crippen LogP contribution in [0.5, 0.6) is 0 Å². The Balaban J connectivity index is 1.58. The fourth-order valence-electron chi connectivity index (χ4n) is 3.92. The molecule has 2 aliphatic carbocycles. The van der Waals surface area contributed by atoms with Crippen molar-refractivity contribution in [3.8, 4) is 0 Å². The summed E-state index contributed by atoms with van der Waals surface area (Å²) in [5, 5.41) is 3.65. The number of rotatable bonds is 3. The molecule has 1 aromatic heterocycles. The molecule has 2 saturated carbocycles. The zero-order chi connectivity index (χ0) is 14.9. The van der Waals surface area contributed by atoms with Gasteiger partial charge in [0.25, 0.3) is 0 Å². The molecule has 21 heavy (non-hydrogen) atoms. The summed E-state index contributed by atoms with van der Waals surface area (Å²) in [4.78, 5) is 4.04. The highest BCUT2D eigenvalue weighted by Gasteiger charge is 2.37. The summed E-state index contributed by atoms with van der Waals surface area (Å²) in [7, 11) is -3.21. The second kappa shape index (κ2) is 5.59. The first-order valence-electron chi connectivity index (χ1n) is 7.90. The standard InChI is InChI=1S/C16H24N2O2S/c1-21(19,20)15-5-4-14(12-17-15)18-13-6-10-16(11-7-13)8-2-3-9-16/h4-5,12-13,18H,2-3,6-11H2,1H3. The van der Waals surface area contributed by atoms with E-state index in [-0.39, 0.29) is 5.03 Å². The van der Waals surface area contributed by atoms with Crippen LogP contribution in [0.2, 0.25) is 0 Å². The summed E-state index contributed by atoms with van der Waals surface area (Å²) < 4.78 is 22.8. The number of anilines is 1. The average Bonchev–Trinajstić information content (AvgIpc) is 2.90. The van der Waals surface area contributed by atoms with Crippen molar-refractivity contribution < 1.29 is 8.42 Å². The van der Waals surface area contributed by atoms with E-state index < -0.39 is 9.84 Å². The molecule has 0 radical (unpaired) electrons. The lowest BCUT2D eigenvalue weighted by atomic mass is 9.71. The Kier molecular flexibility index (Phi) is 3.95. The van der Waals surface area contributed by atoms with Gasteiger partial charge in [0.2, 0.25) is 0 Å². The highest BCUT2D eigenvalue weighted by molar-refractivity contribution is 7.90. The molecule has 2 aliphatic rings. The molecule has 0 bridgehead atoms. The van der Waals surface area contributed by atoms with Crippen LogP contribution in [0.15, 0.2) is 23.4 Å². The van der Waals surface area contributed by atoms with Gasteiger partial charge in [-0.15, -0.1) is 0 Å². The number of nitrogens with zero attached hydrogens (tertiary/aromatic N) is 1. The maximum atomic E-state index is 11.4. The van der Waals surface area contributed by atoms with Gasteiger partial charge in [-0.2, -0.15) is 0 Å². The first-order valence-corrected chi connectivity index (χ1v) is 9.79. The first-order chi connectivity index (χ1) is 9.97. The normalized spacial score (nSPS) is 22.5. The van der Waals surface area contributed by atoms with Gasteiger partial charge in [-0.3, -0.25) is 0 Å². The molecular weight excluding hydrogens is 284 g/mol. The maximum absolute atomic E-state index is 11.4. The van der Waals surface area contributed by atoms with Crippen LogP contribution in [0.3, 0.4) is 0 Å². The van der Waals surface area contributed by atoms with Gasteiger partial charge in [0, 0.05) is 12.3 Å². The molecular formula is C16H24N2O2S. The van der Waals surface area contributed by atoms with Crippen molar-refractivity contribution in [2.75, 3.05) is 11.6 Å². The highest BCUT2D eigenvalue weighted by atomic mass is 32.2. The second-order valence-corrected chi connectivity index (χ2v) is 8.75. The third kappa shape index (κ3) is 3.39. The van der Waals surface area contributed by atoms with Crippen molar-refractivity contribution >= 4 is 15.5 Å². The van der Waals surface area contributed by atoms with Crippen LogP contribution >= 0.6 is 0 Å². The van der Waals surface area contributed by atoms with Crippen LogP contribution in [0.25, 0.3) is 0 Å². The van der Waals surface area contributed by atoms with Crippen molar-refractivity contribution in [1.82, 2.24) is 4.98 Å². The molecule has 4 nitrogen and oxygen atoms in total. The molecule has 0 saturated heterocycles. The van der Waals surface area contributed by atoms with Gasteiger partial charge in [-0.05, 0) is 56.1 Å². The summed E-state index contributed by atoms with van der Waals surface area (Å²) in [5.41, 5.74) is 1.58. The number of hydrogen-bond donors (Lipinski definition) is 1. The smallest absolute Gasteiger partial charge is 0.192 e. The zero-order valence-electron chi connectivity index (χ0n) is 12.6. The Hall–Kier alpha value is -1.10. The minimum Gasteiger partial charge on any atom is -0.381 e. The minimum atomic E-state index is -3.21. The predicted molar refractivity (Wildman–Crippen MR) is 84.1 cm³/mol. The molecule has 0 atom stereocenters. The first kappa shape index (κ1) is 14.8. The molecule has 116 valence electrons. The third-order valence-corrected chi connectivity index (χ3v) is 6.20. The average molecular weight is 308 g/mol. The summed E-state index contributed by atoms with van der Waals surface area (Å²) in [6.45, 7) is 0. The van der Waals surface area contributed by atoms with E-state index in [1.54, 1.807) is 12.3 Å². The van der Waals surface area contributed by atoms with Gasteiger partial charge < -0.3 is 5.32 Å². The van der Waals surface area contributed by atoms with E-state index in [9.17, 15) is 8.42 Å². The minimum absolute atomic E-state index is 0.140. The van der Waals surface area contributed by atoms with Crippen LogP contribution in [-0.2, 0) is 9.84 Å². The lowest BCUT2D eigenvalue weighted by Crippen LogP contribution is -2.31. The van der Waals surface area contributed by atoms with Gasteiger partial charge in [-0.1, -0.05) is 12.8 Å². The van der Waals surface area contributed by atoms with Crippen LogP contribution in [0.4, 0.5) is 5.69 Å². The molecule has 1 N–H and O–H groups in total. The van der Waals surface area contributed by atoms with Crippen LogP contribution < -0.4 is 5.32 Å². The lowest BCUT2D eigenvalue weighted by molar-refractivity contribution is 0.188. The predicted octanol–water partition coefficient (Wildman–Crippen LogP) is 3.40. The molecule has 1 aromatic rings. The van der Waals surface area contributed by atoms with E-state index in [1.165, 1.54) is 57.6 Å². The Morgan fingerprint density at radius 3 is 2.33 bits per heavy atom. The SMILES string of the molecule is CS(=O)(=O)c1ccc(NC2CCC3(CCCC3)CC2)cn1. The van der Waals surface area contributed by atoms with E-state index in [4.69, 9.17) is 0 Å². The molecule has 2 fully saturated rings. The van der Waals surface area contributed by atoms with Gasteiger partial charge in [0.05, 0.1) is 11.9 Å². The monoisotopic (exact) mass is 308 g/mol. The van der Waals surface area contributed by atoms with Gasteiger partial charge >= 0.3 is 0 Å². The molecule has 3 rings (SSSR count). The fourth-order valence-corrected chi connectivity index (χ4v) is 4.48. The molecule has 1 heterocycles. The van der Waals surface area contributed by atoms with E-state index in [0.717, 1.165) is 5.69 Å². The van der Waals surface area contributed by atoms with Crippen molar-refractivity contribution in [2.24, 2.45) is 5.41 Å². The van der Waals surface area contributed by atoms with E-state index in [1.807, 2.05) is 6.07 Å². The molecule has 0 aliphatic heterocycles. The summed E-state index contributed by atoms with van der Waals surface area (Å²) >= 11 is 0. The number of nitrogens with one attached hydrogen (secondary N) is 1. The van der Waals surface area contributed by atoms with E-state index in [2.05, 4.69) is 10.3 Å². The third-order valence-electron chi connectivity index (χ3n) is 5.20. The van der Waals surface area contributed by atoms with Crippen molar-refractivity contribution in [1.29, 1.82) is 0 Å². The Labute approximate surface area is 127 Å². The van der Waals surface area contributed by atoms with Crippen LogP contribution in [-0.4, -0.2) is 25.7 Å². The van der Waals surface area contributed by atoms with Crippen molar-refractivity contribution in [2.45, 2.75) is 62.4 Å². The summed E-state index contributed by atoms with van der Waals surface area (Å²) in [6.07, 6.45) is 13.6. The molecule has 0 aromatic carbocycles. The molecule has 1 spiro atoms. The van der Waals surface area contributed by atoms with E-state index in [0.29, 0.717) is 11.5 Å². The molecule has 0 unspecified atom stereocenters. The summed E-state index contributed by atoms with van der Waals surface area (Å²) in [6, 6.07) is 3.91. The molecule has 0 amide bonds. The highest BCUT2D eigenvalue weighted by Crippen LogP contribution is 2.49. The molecule has 5 heteroatoms. The Morgan fingerprint density at radius 1 is 1.14 bits per heavy atom. The van der Waals surface area contributed by atoms with Crippen LogP contribution in [0, 0.1) is 5.41 Å². The van der Waals surface area contributed by atoms with Gasteiger partial charge in [-0.25, -0.2) is 13.4 Å². The lowest BCUT2D eigenvalue weighted by Gasteiger charge is -2.37. The number of sulfone groups is 1. The quantitative estimate of drug-likeness (QED) is 0.929. The number of aromatic nitrogens is 1. The Morgan fingerprint density at radius 2 is 1.81 bits per heavy atom. The number of pyridine rings is 1. The fraction of sp³-hybridized carbons (Fsp3) is 0.688. The Bertz CT molecular complexity index is 579. The van der Waals surface area contributed by atoms with Gasteiger partial charge in [0.1, 0.15) is 0 Å². The summed E-state index contributed by atoms with van der Waals surface area (Å²) in [5.74, 6) is 0. The second-order valence-electron chi connectivity index (χ2n) is 6.78. The van der Waals surface area contributed by atoms with Crippen LogP contribution in [0.1, 0.15) is 51.4 Å². The van der Waals surface area contributed by atoms with Crippen molar-refractivity contribution in [3.63, 3.8) is 0 Å². The largest absolute Gasteiger partial charge is 0.381 e. The van der Waals surface area contributed by atoms with Crippen molar-refractivity contribution in [3.05, 3.63) is 18.3 Å². The van der Waals surface area contributed by atoms with E-state index >= 15 is 0 Å². The number of hydrogen-bond acceptors (Lipinski definition) is 4. The maximum Gasteiger partial charge on any atom is 0.192 e. The topological polar surface area (TPSA) is 59.1 Å². The zero-order valence-corrected chi connectivity index (χ0v) is 13.5.